The van der Waals surface area contributed by atoms with Crippen LogP contribution < -0.4 is 25.4 Å². The normalized spacial score (nSPS) is 10.2. The van der Waals surface area contributed by atoms with Crippen molar-refractivity contribution in [3.8, 4) is 11.5 Å². The number of methoxy groups -OCH3 is 2. The Morgan fingerprint density at radius 1 is 0.818 bits per heavy atom. The lowest BCUT2D eigenvalue weighted by molar-refractivity contribution is -0.124. The van der Waals surface area contributed by atoms with Crippen LogP contribution in [0, 0.1) is 0 Å². The van der Waals surface area contributed by atoms with Gasteiger partial charge in [0.05, 0.1) is 38.4 Å². The molecule has 0 unspecified atom stereocenters. The Hall–Kier alpha value is -4.27. The van der Waals surface area contributed by atoms with Crippen molar-refractivity contribution in [2.45, 2.75) is 19.4 Å². The monoisotopic (exact) mass is 451 g/mol. The quantitative estimate of drug-likeness (QED) is 0.434. The molecule has 9 nitrogen and oxygen atoms in total. The molecule has 9 heteroatoms. The Bertz CT molecular complexity index is 1100. The Morgan fingerprint density at radius 3 is 2.06 bits per heavy atom. The zero-order chi connectivity index (χ0) is 23.6. The molecule has 3 rings (SSSR count). The van der Waals surface area contributed by atoms with Gasteiger partial charge < -0.3 is 29.8 Å². The third kappa shape index (κ3) is 6.60. The highest BCUT2D eigenvalue weighted by Crippen LogP contribution is 2.36. The summed E-state index contributed by atoms with van der Waals surface area (Å²) >= 11 is 0. The number of rotatable bonds is 10. The predicted molar refractivity (Wildman–Crippen MR) is 122 cm³/mol. The van der Waals surface area contributed by atoms with Crippen molar-refractivity contribution in [1.29, 1.82) is 0 Å². The number of hydrogen-bond donors (Lipinski definition) is 3. The summed E-state index contributed by atoms with van der Waals surface area (Å²) in [4.78, 5) is 36.9. The topological polar surface area (TPSA) is 119 Å². The number of hydrogen-bond acceptors (Lipinski definition) is 6. The van der Waals surface area contributed by atoms with Crippen molar-refractivity contribution in [3.05, 3.63) is 72.2 Å². The molecule has 0 bridgehead atoms. The van der Waals surface area contributed by atoms with Crippen LogP contribution in [0.5, 0.6) is 11.5 Å². The lowest BCUT2D eigenvalue weighted by Crippen LogP contribution is -2.24. The highest BCUT2D eigenvalue weighted by molar-refractivity contribution is 6.05. The van der Waals surface area contributed by atoms with Crippen LogP contribution in [-0.2, 0) is 16.1 Å². The average Bonchev–Trinajstić information content (AvgIpc) is 3.36. The third-order valence-electron chi connectivity index (χ3n) is 4.70. The summed E-state index contributed by atoms with van der Waals surface area (Å²) < 4.78 is 15.9. The van der Waals surface area contributed by atoms with Gasteiger partial charge in [0.25, 0.3) is 5.91 Å². The van der Waals surface area contributed by atoms with Crippen molar-refractivity contribution in [2.24, 2.45) is 0 Å². The number of benzene rings is 2. The Kier molecular flexibility index (Phi) is 8.07. The van der Waals surface area contributed by atoms with E-state index in [4.69, 9.17) is 13.9 Å². The average molecular weight is 451 g/mol. The molecular weight excluding hydrogens is 426 g/mol. The lowest BCUT2D eigenvalue weighted by atomic mass is 10.2. The van der Waals surface area contributed by atoms with E-state index in [-0.39, 0.29) is 37.1 Å². The zero-order valence-corrected chi connectivity index (χ0v) is 18.3. The standard InChI is InChI=1S/C24H25N3O6/c1-31-20-14-19(27-24(30)16-7-4-3-5-8-16)21(32-2)13-18(20)26-23(29)11-10-22(28)25-15-17-9-6-12-33-17/h3-9,12-14H,10-11,15H2,1-2H3,(H,25,28)(H,26,29)(H,27,30). The minimum Gasteiger partial charge on any atom is -0.494 e. The van der Waals surface area contributed by atoms with Gasteiger partial charge in [-0.25, -0.2) is 0 Å². The van der Waals surface area contributed by atoms with Gasteiger partial charge >= 0.3 is 0 Å². The summed E-state index contributed by atoms with van der Waals surface area (Å²) in [5.74, 6) is 0.341. The van der Waals surface area contributed by atoms with E-state index in [0.717, 1.165) is 0 Å². The molecule has 0 saturated carbocycles. The van der Waals surface area contributed by atoms with Crippen LogP contribution in [0.25, 0.3) is 0 Å². The molecule has 3 N–H and O–H groups in total. The van der Waals surface area contributed by atoms with E-state index in [1.807, 2.05) is 6.07 Å². The van der Waals surface area contributed by atoms with Gasteiger partial charge in [0.1, 0.15) is 17.3 Å². The molecule has 0 fully saturated rings. The minimum atomic E-state index is -0.371. The molecule has 0 aliphatic rings. The van der Waals surface area contributed by atoms with Crippen molar-refractivity contribution in [2.75, 3.05) is 24.9 Å². The van der Waals surface area contributed by atoms with E-state index in [1.54, 1.807) is 48.5 Å². The SMILES string of the molecule is COc1cc(NC(=O)c2ccccc2)c(OC)cc1NC(=O)CCC(=O)NCc1ccco1. The largest absolute Gasteiger partial charge is 0.494 e. The molecule has 0 aliphatic heterocycles. The van der Waals surface area contributed by atoms with Crippen molar-refractivity contribution >= 4 is 29.1 Å². The summed E-state index contributed by atoms with van der Waals surface area (Å²) in [6, 6.07) is 15.3. The summed E-state index contributed by atoms with van der Waals surface area (Å²) in [5, 5.41) is 8.19. The van der Waals surface area contributed by atoms with E-state index in [0.29, 0.717) is 34.2 Å². The van der Waals surface area contributed by atoms with Crippen molar-refractivity contribution in [3.63, 3.8) is 0 Å². The van der Waals surface area contributed by atoms with E-state index in [2.05, 4.69) is 16.0 Å². The van der Waals surface area contributed by atoms with Gasteiger partial charge in [-0.3, -0.25) is 14.4 Å². The Morgan fingerprint density at radius 2 is 1.45 bits per heavy atom. The van der Waals surface area contributed by atoms with Crippen LogP contribution >= 0.6 is 0 Å². The molecule has 0 atom stereocenters. The second-order valence-corrected chi connectivity index (χ2v) is 6.98. The molecule has 0 aliphatic carbocycles. The maximum absolute atomic E-state index is 12.5. The summed E-state index contributed by atoms with van der Waals surface area (Å²) in [6.07, 6.45) is 1.51. The van der Waals surface area contributed by atoms with Gasteiger partial charge in [0, 0.05) is 30.5 Å². The molecule has 3 amide bonds. The summed E-state index contributed by atoms with van der Waals surface area (Å²) in [7, 11) is 2.90. The first-order chi connectivity index (χ1) is 16.0. The lowest BCUT2D eigenvalue weighted by Gasteiger charge is -2.16. The molecule has 172 valence electrons. The zero-order valence-electron chi connectivity index (χ0n) is 18.3. The molecule has 0 radical (unpaired) electrons. The molecule has 33 heavy (non-hydrogen) atoms. The van der Waals surface area contributed by atoms with Gasteiger partial charge in [-0.2, -0.15) is 0 Å². The summed E-state index contributed by atoms with van der Waals surface area (Å²) in [6.45, 7) is 0.259. The number of ether oxygens (including phenoxy) is 2. The molecule has 0 saturated heterocycles. The fourth-order valence-corrected chi connectivity index (χ4v) is 3.00. The third-order valence-corrected chi connectivity index (χ3v) is 4.70. The molecule has 1 heterocycles. The molecular formula is C24H25N3O6. The van der Waals surface area contributed by atoms with Crippen molar-refractivity contribution in [1.82, 2.24) is 5.32 Å². The first-order valence-corrected chi connectivity index (χ1v) is 10.2. The van der Waals surface area contributed by atoms with E-state index in [1.165, 1.54) is 20.5 Å². The number of carbonyl (C=O) groups excluding carboxylic acids is 3. The highest BCUT2D eigenvalue weighted by Gasteiger charge is 2.16. The highest BCUT2D eigenvalue weighted by atomic mass is 16.5. The number of anilines is 2. The number of amides is 3. The van der Waals surface area contributed by atoms with Crippen LogP contribution in [0.3, 0.4) is 0 Å². The Labute approximate surface area is 191 Å². The molecule has 1 aromatic heterocycles. The number of furan rings is 1. The van der Waals surface area contributed by atoms with Crippen LogP contribution in [0.4, 0.5) is 11.4 Å². The van der Waals surface area contributed by atoms with Crippen LogP contribution in [-0.4, -0.2) is 31.9 Å². The molecule has 0 spiro atoms. The maximum atomic E-state index is 12.5. The second-order valence-electron chi connectivity index (χ2n) is 6.98. The maximum Gasteiger partial charge on any atom is 0.255 e. The van der Waals surface area contributed by atoms with Crippen LogP contribution in [0.2, 0.25) is 0 Å². The molecule has 2 aromatic carbocycles. The molecule has 3 aromatic rings. The van der Waals surface area contributed by atoms with E-state index >= 15 is 0 Å². The van der Waals surface area contributed by atoms with Crippen LogP contribution in [0.1, 0.15) is 29.0 Å². The van der Waals surface area contributed by atoms with Gasteiger partial charge in [-0.15, -0.1) is 0 Å². The second kappa shape index (κ2) is 11.4. The smallest absolute Gasteiger partial charge is 0.255 e. The van der Waals surface area contributed by atoms with Gasteiger partial charge in [-0.05, 0) is 24.3 Å². The number of carbonyl (C=O) groups is 3. The van der Waals surface area contributed by atoms with Crippen molar-refractivity contribution < 1.29 is 28.3 Å². The first kappa shape index (κ1) is 23.4. The van der Waals surface area contributed by atoms with Crippen LogP contribution in [0.15, 0.2) is 65.3 Å². The van der Waals surface area contributed by atoms with Gasteiger partial charge in [0.2, 0.25) is 11.8 Å². The van der Waals surface area contributed by atoms with Gasteiger partial charge in [-0.1, -0.05) is 18.2 Å². The summed E-state index contributed by atoms with van der Waals surface area (Å²) in [5.41, 5.74) is 1.23. The number of nitrogens with one attached hydrogen (secondary N) is 3. The van der Waals surface area contributed by atoms with E-state index in [9.17, 15) is 14.4 Å². The predicted octanol–water partition coefficient (Wildman–Crippen LogP) is 3.58. The Balaban J connectivity index is 1.61. The van der Waals surface area contributed by atoms with E-state index < -0.39 is 0 Å². The minimum absolute atomic E-state index is 0.0111. The van der Waals surface area contributed by atoms with Gasteiger partial charge in [0.15, 0.2) is 0 Å². The fraction of sp³-hybridized carbons (Fsp3) is 0.208. The fourth-order valence-electron chi connectivity index (χ4n) is 3.00. The first-order valence-electron chi connectivity index (χ1n) is 10.2.